The molecule has 0 aliphatic heterocycles. The third kappa shape index (κ3) is 1.96. The number of H-pyrrole nitrogens is 1. The van der Waals surface area contributed by atoms with E-state index < -0.39 is 5.76 Å². The van der Waals surface area contributed by atoms with Crippen LogP contribution in [0, 0.1) is 5.92 Å². The van der Waals surface area contributed by atoms with Crippen LogP contribution < -0.4 is 16.8 Å². The quantitative estimate of drug-likeness (QED) is 0.711. The minimum Gasteiger partial charge on any atom is -0.408 e. The minimum atomic E-state index is -0.448. The van der Waals surface area contributed by atoms with E-state index in [2.05, 4.69) is 17.2 Å². The van der Waals surface area contributed by atoms with Crippen molar-refractivity contribution in [2.75, 3.05) is 11.1 Å². The predicted molar refractivity (Wildman–Crippen MR) is 71.7 cm³/mol. The topological polar surface area (TPSA) is 84.0 Å². The molecular formula is C13H17N3O2. The highest BCUT2D eigenvalue weighted by atomic mass is 16.4. The summed E-state index contributed by atoms with van der Waals surface area (Å²) in [5.41, 5.74) is 8.65. The van der Waals surface area contributed by atoms with Crippen LogP contribution in [-0.2, 0) is 0 Å². The molecule has 4 N–H and O–H groups in total. The van der Waals surface area contributed by atoms with Gasteiger partial charge >= 0.3 is 5.76 Å². The second kappa shape index (κ2) is 4.08. The number of fused-ring (bicyclic) bond motifs is 1. The molecule has 2 aromatic rings. The summed E-state index contributed by atoms with van der Waals surface area (Å²) in [6.07, 6.45) is 3.59. The Balaban J connectivity index is 1.91. The second-order valence-corrected chi connectivity index (χ2v) is 5.21. The number of benzene rings is 1. The standard InChI is InChI=1S/C13H17N3O2/c1-7-2-3-8(4-7)15-10-6-11-12(5-9(10)14)18-13(17)16-11/h5-8,15H,2-4,14H2,1H3,(H,16,17). The van der Waals surface area contributed by atoms with Gasteiger partial charge < -0.3 is 15.5 Å². The van der Waals surface area contributed by atoms with Gasteiger partial charge in [-0.2, -0.15) is 0 Å². The van der Waals surface area contributed by atoms with E-state index in [0.29, 0.717) is 22.8 Å². The summed E-state index contributed by atoms with van der Waals surface area (Å²) < 4.78 is 4.97. The number of hydrogen-bond donors (Lipinski definition) is 3. The molecule has 5 heteroatoms. The Hall–Kier alpha value is -1.91. The van der Waals surface area contributed by atoms with Crippen molar-refractivity contribution < 1.29 is 4.42 Å². The Labute approximate surface area is 104 Å². The van der Waals surface area contributed by atoms with Crippen molar-refractivity contribution in [2.24, 2.45) is 5.92 Å². The fourth-order valence-electron chi connectivity index (χ4n) is 2.70. The molecule has 1 saturated carbocycles. The molecular weight excluding hydrogens is 230 g/mol. The lowest BCUT2D eigenvalue weighted by molar-refractivity contribution is 0.555. The Bertz CT molecular complexity index is 629. The maximum absolute atomic E-state index is 11.1. The lowest BCUT2D eigenvalue weighted by atomic mass is 10.1. The molecule has 2 unspecified atom stereocenters. The van der Waals surface area contributed by atoms with Crippen molar-refractivity contribution in [3.63, 3.8) is 0 Å². The van der Waals surface area contributed by atoms with E-state index in [0.717, 1.165) is 11.6 Å². The molecule has 1 aliphatic rings. The van der Waals surface area contributed by atoms with E-state index in [1.165, 1.54) is 19.3 Å². The minimum absolute atomic E-state index is 0.448. The smallest absolute Gasteiger partial charge is 0.408 e. The van der Waals surface area contributed by atoms with Crippen LogP contribution in [0.5, 0.6) is 0 Å². The first kappa shape index (κ1) is 11.2. The van der Waals surface area contributed by atoms with Crippen LogP contribution in [0.2, 0.25) is 0 Å². The molecule has 1 aromatic carbocycles. The van der Waals surface area contributed by atoms with Gasteiger partial charge in [0.2, 0.25) is 0 Å². The van der Waals surface area contributed by atoms with E-state index in [1.54, 1.807) is 6.07 Å². The molecule has 5 nitrogen and oxygen atoms in total. The summed E-state index contributed by atoms with van der Waals surface area (Å²) in [5, 5.41) is 3.45. The van der Waals surface area contributed by atoms with Crippen LogP contribution in [0.1, 0.15) is 26.2 Å². The van der Waals surface area contributed by atoms with Crippen LogP contribution in [0.15, 0.2) is 21.3 Å². The van der Waals surface area contributed by atoms with E-state index in [9.17, 15) is 4.79 Å². The third-order valence-electron chi connectivity index (χ3n) is 3.65. The molecule has 1 fully saturated rings. The maximum Gasteiger partial charge on any atom is 0.417 e. The second-order valence-electron chi connectivity index (χ2n) is 5.21. The molecule has 1 heterocycles. The maximum atomic E-state index is 11.1. The molecule has 18 heavy (non-hydrogen) atoms. The molecule has 96 valence electrons. The van der Waals surface area contributed by atoms with Gasteiger partial charge in [0.05, 0.1) is 16.9 Å². The zero-order chi connectivity index (χ0) is 12.7. The molecule has 1 aromatic heterocycles. The van der Waals surface area contributed by atoms with Crippen LogP contribution in [0.3, 0.4) is 0 Å². The Kier molecular flexibility index (Phi) is 2.54. The van der Waals surface area contributed by atoms with Gasteiger partial charge in [0.1, 0.15) is 0 Å². The zero-order valence-corrected chi connectivity index (χ0v) is 10.3. The highest BCUT2D eigenvalue weighted by Gasteiger charge is 2.21. The molecule has 3 rings (SSSR count). The van der Waals surface area contributed by atoms with Gasteiger partial charge in [0.25, 0.3) is 0 Å². The lowest BCUT2D eigenvalue weighted by Gasteiger charge is -2.15. The Morgan fingerprint density at radius 3 is 3.00 bits per heavy atom. The number of nitrogen functional groups attached to an aromatic ring is 1. The number of oxazole rings is 1. The fraction of sp³-hybridized carbons (Fsp3) is 0.462. The van der Waals surface area contributed by atoms with Gasteiger partial charge in [0, 0.05) is 12.1 Å². The van der Waals surface area contributed by atoms with E-state index >= 15 is 0 Å². The Morgan fingerprint density at radius 1 is 1.44 bits per heavy atom. The van der Waals surface area contributed by atoms with Gasteiger partial charge in [0.15, 0.2) is 5.58 Å². The average molecular weight is 247 g/mol. The first-order chi connectivity index (χ1) is 8.61. The highest BCUT2D eigenvalue weighted by Crippen LogP contribution is 2.31. The van der Waals surface area contributed by atoms with Crippen LogP contribution >= 0.6 is 0 Å². The van der Waals surface area contributed by atoms with Crippen molar-refractivity contribution in [1.29, 1.82) is 0 Å². The van der Waals surface area contributed by atoms with Gasteiger partial charge in [-0.15, -0.1) is 0 Å². The van der Waals surface area contributed by atoms with Gasteiger partial charge in [-0.05, 0) is 31.2 Å². The number of nitrogens with one attached hydrogen (secondary N) is 2. The number of rotatable bonds is 2. The summed E-state index contributed by atoms with van der Waals surface area (Å²) in [6.45, 7) is 2.27. The number of anilines is 2. The van der Waals surface area contributed by atoms with Gasteiger partial charge in [-0.1, -0.05) is 6.92 Å². The van der Waals surface area contributed by atoms with Crippen molar-refractivity contribution in [3.8, 4) is 0 Å². The molecule has 0 spiro atoms. The molecule has 2 atom stereocenters. The van der Waals surface area contributed by atoms with Crippen molar-refractivity contribution in [3.05, 3.63) is 22.7 Å². The van der Waals surface area contributed by atoms with E-state index in [-0.39, 0.29) is 0 Å². The van der Waals surface area contributed by atoms with Gasteiger partial charge in [-0.25, -0.2) is 4.79 Å². The first-order valence-corrected chi connectivity index (χ1v) is 6.30. The van der Waals surface area contributed by atoms with E-state index in [4.69, 9.17) is 10.2 Å². The number of aromatic amines is 1. The molecule has 1 aliphatic carbocycles. The van der Waals surface area contributed by atoms with Crippen LogP contribution in [0.4, 0.5) is 11.4 Å². The Morgan fingerprint density at radius 2 is 2.28 bits per heavy atom. The van der Waals surface area contributed by atoms with Gasteiger partial charge in [-0.3, -0.25) is 4.98 Å². The zero-order valence-electron chi connectivity index (χ0n) is 10.3. The summed E-state index contributed by atoms with van der Waals surface area (Å²) in [7, 11) is 0. The van der Waals surface area contributed by atoms with Crippen molar-refractivity contribution in [1.82, 2.24) is 4.98 Å². The number of nitrogens with two attached hydrogens (primary N) is 1. The third-order valence-corrected chi connectivity index (χ3v) is 3.65. The summed E-state index contributed by atoms with van der Waals surface area (Å²) in [5.74, 6) is 0.317. The van der Waals surface area contributed by atoms with Crippen LogP contribution in [-0.4, -0.2) is 11.0 Å². The number of hydrogen-bond acceptors (Lipinski definition) is 4. The SMILES string of the molecule is CC1CCC(Nc2cc3[nH]c(=O)oc3cc2N)C1. The molecule has 0 radical (unpaired) electrons. The summed E-state index contributed by atoms with van der Waals surface area (Å²) in [6, 6.07) is 4.00. The van der Waals surface area contributed by atoms with Crippen molar-refractivity contribution >= 4 is 22.5 Å². The summed E-state index contributed by atoms with van der Waals surface area (Å²) in [4.78, 5) is 13.8. The molecule has 0 saturated heterocycles. The predicted octanol–water partition coefficient (Wildman–Crippen LogP) is 2.30. The lowest BCUT2D eigenvalue weighted by Crippen LogP contribution is -2.16. The largest absolute Gasteiger partial charge is 0.417 e. The number of aromatic nitrogens is 1. The van der Waals surface area contributed by atoms with Crippen LogP contribution in [0.25, 0.3) is 11.1 Å². The monoisotopic (exact) mass is 247 g/mol. The normalized spacial score (nSPS) is 23.6. The first-order valence-electron chi connectivity index (χ1n) is 6.30. The highest BCUT2D eigenvalue weighted by molar-refractivity contribution is 5.85. The average Bonchev–Trinajstić information content (AvgIpc) is 2.85. The summed E-state index contributed by atoms with van der Waals surface area (Å²) >= 11 is 0. The van der Waals surface area contributed by atoms with E-state index in [1.807, 2.05) is 6.07 Å². The molecule has 0 bridgehead atoms. The molecule has 0 amide bonds. The fourth-order valence-corrected chi connectivity index (χ4v) is 2.70. The van der Waals surface area contributed by atoms with Crippen molar-refractivity contribution in [2.45, 2.75) is 32.2 Å².